The number of carbonyl (C=O) groups is 1. The number of aryl methyl sites for hydroxylation is 1. The number of ether oxygens (including phenoxy) is 1. The molecule has 0 unspecified atom stereocenters. The van der Waals surface area contributed by atoms with Gasteiger partial charge in [0.2, 0.25) is 0 Å². The standard InChI is InChI=1S/C21H26N2O2S/c1-14-19(15-3-5-18(25-2)6-4-15)11-20(26-14)21(24)23-9-7-16-12-22-13-17(16)8-10-23/h3-6,11,16-17,22H,7-10,12-13H2,1-2H3/t16-,17+. The van der Waals surface area contributed by atoms with E-state index in [0.29, 0.717) is 0 Å². The van der Waals surface area contributed by atoms with Crippen molar-refractivity contribution in [2.75, 3.05) is 33.3 Å². The van der Waals surface area contributed by atoms with Crippen molar-refractivity contribution in [2.45, 2.75) is 19.8 Å². The second kappa shape index (κ2) is 7.41. The third-order valence-corrected chi connectivity index (χ3v) is 6.87. The number of methoxy groups -OCH3 is 1. The molecular formula is C21H26N2O2S. The zero-order valence-electron chi connectivity index (χ0n) is 15.5. The van der Waals surface area contributed by atoms with Crippen molar-refractivity contribution in [1.29, 1.82) is 0 Å². The van der Waals surface area contributed by atoms with Crippen LogP contribution in [0.1, 0.15) is 27.4 Å². The van der Waals surface area contributed by atoms with Crippen LogP contribution in [0.2, 0.25) is 0 Å². The zero-order chi connectivity index (χ0) is 18.1. The number of rotatable bonds is 3. The SMILES string of the molecule is COc1ccc(-c2cc(C(=O)N3CC[C@@H]4CNC[C@@H]4CC3)sc2C)cc1. The smallest absolute Gasteiger partial charge is 0.263 e. The van der Waals surface area contributed by atoms with Crippen molar-refractivity contribution in [2.24, 2.45) is 11.8 Å². The van der Waals surface area contributed by atoms with Crippen LogP contribution in [-0.4, -0.2) is 44.1 Å². The Labute approximate surface area is 159 Å². The van der Waals surface area contributed by atoms with E-state index in [9.17, 15) is 4.79 Å². The molecule has 26 heavy (non-hydrogen) atoms. The molecular weight excluding hydrogens is 344 g/mol. The third kappa shape index (κ3) is 3.38. The van der Waals surface area contributed by atoms with Gasteiger partial charge in [0.05, 0.1) is 12.0 Å². The van der Waals surface area contributed by atoms with Crippen LogP contribution in [0.15, 0.2) is 30.3 Å². The van der Waals surface area contributed by atoms with E-state index in [1.165, 1.54) is 4.88 Å². The highest BCUT2D eigenvalue weighted by molar-refractivity contribution is 7.14. The van der Waals surface area contributed by atoms with Crippen molar-refractivity contribution in [1.82, 2.24) is 10.2 Å². The molecule has 2 fully saturated rings. The molecule has 0 spiro atoms. The zero-order valence-corrected chi connectivity index (χ0v) is 16.3. The maximum Gasteiger partial charge on any atom is 0.263 e. The Balaban J connectivity index is 1.51. The van der Waals surface area contributed by atoms with Gasteiger partial charge in [-0.15, -0.1) is 11.3 Å². The number of carbonyl (C=O) groups excluding carboxylic acids is 1. The quantitative estimate of drug-likeness (QED) is 0.893. The first-order valence-corrected chi connectivity index (χ1v) is 10.2. The van der Waals surface area contributed by atoms with Gasteiger partial charge in [-0.25, -0.2) is 0 Å². The number of hydrogen-bond acceptors (Lipinski definition) is 4. The Morgan fingerprint density at radius 2 is 1.81 bits per heavy atom. The van der Waals surface area contributed by atoms with E-state index in [0.717, 1.165) is 72.6 Å². The predicted octanol–water partition coefficient (Wildman–Crippen LogP) is 3.80. The Bertz CT molecular complexity index is 770. The predicted molar refractivity (Wildman–Crippen MR) is 106 cm³/mol. The summed E-state index contributed by atoms with van der Waals surface area (Å²) in [6.45, 7) is 6.10. The summed E-state index contributed by atoms with van der Waals surface area (Å²) in [6.07, 6.45) is 2.25. The highest BCUT2D eigenvalue weighted by Gasteiger charge is 2.32. The van der Waals surface area contributed by atoms with E-state index in [4.69, 9.17) is 4.74 Å². The fraction of sp³-hybridized carbons (Fsp3) is 0.476. The molecule has 0 bridgehead atoms. The minimum Gasteiger partial charge on any atom is -0.497 e. The van der Waals surface area contributed by atoms with Crippen LogP contribution in [0.4, 0.5) is 0 Å². The van der Waals surface area contributed by atoms with E-state index in [-0.39, 0.29) is 5.91 Å². The molecule has 138 valence electrons. The highest BCUT2D eigenvalue weighted by Crippen LogP contribution is 2.34. The highest BCUT2D eigenvalue weighted by atomic mass is 32.1. The summed E-state index contributed by atoms with van der Waals surface area (Å²) in [5, 5.41) is 3.49. The average molecular weight is 371 g/mol. The normalized spacial score (nSPS) is 22.8. The number of amides is 1. The largest absolute Gasteiger partial charge is 0.497 e. The lowest BCUT2D eigenvalue weighted by atomic mass is 9.92. The molecule has 4 nitrogen and oxygen atoms in total. The third-order valence-electron chi connectivity index (χ3n) is 5.84. The van der Waals surface area contributed by atoms with Crippen molar-refractivity contribution < 1.29 is 9.53 Å². The maximum atomic E-state index is 13.1. The summed E-state index contributed by atoms with van der Waals surface area (Å²) in [5.74, 6) is 2.54. The first-order valence-electron chi connectivity index (χ1n) is 9.40. The van der Waals surface area contributed by atoms with E-state index < -0.39 is 0 Å². The number of nitrogens with one attached hydrogen (secondary N) is 1. The monoisotopic (exact) mass is 370 g/mol. The second-order valence-corrected chi connectivity index (χ2v) is 8.61. The average Bonchev–Trinajstić information content (AvgIpc) is 3.23. The van der Waals surface area contributed by atoms with Crippen molar-refractivity contribution in [3.63, 3.8) is 0 Å². The van der Waals surface area contributed by atoms with Gasteiger partial charge in [-0.3, -0.25) is 4.79 Å². The maximum absolute atomic E-state index is 13.1. The van der Waals surface area contributed by atoms with Crippen molar-refractivity contribution in [3.05, 3.63) is 40.1 Å². The minimum absolute atomic E-state index is 0.200. The van der Waals surface area contributed by atoms with E-state index in [1.807, 2.05) is 12.1 Å². The number of thiophene rings is 1. The molecule has 1 N–H and O–H groups in total. The molecule has 2 atom stereocenters. The number of likely N-dealkylation sites (tertiary alicyclic amines) is 1. The van der Waals surface area contributed by atoms with Crippen molar-refractivity contribution >= 4 is 17.2 Å². The van der Waals surface area contributed by atoms with E-state index in [2.05, 4.69) is 35.3 Å². The van der Waals surface area contributed by atoms with Gasteiger partial charge in [0.25, 0.3) is 5.91 Å². The fourth-order valence-corrected chi connectivity index (χ4v) is 5.23. The van der Waals surface area contributed by atoms with Crippen LogP contribution in [0, 0.1) is 18.8 Å². The van der Waals surface area contributed by atoms with Crippen LogP contribution in [0.25, 0.3) is 11.1 Å². The topological polar surface area (TPSA) is 41.6 Å². The minimum atomic E-state index is 0.200. The number of benzene rings is 1. The Morgan fingerprint density at radius 3 is 2.42 bits per heavy atom. The molecule has 0 saturated carbocycles. The van der Waals surface area contributed by atoms with E-state index in [1.54, 1.807) is 18.4 Å². The Morgan fingerprint density at radius 1 is 1.15 bits per heavy atom. The van der Waals surface area contributed by atoms with E-state index >= 15 is 0 Å². The molecule has 1 amide bonds. The van der Waals surface area contributed by atoms with Crippen LogP contribution >= 0.6 is 11.3 Å². The number of hydrogen-bond donors (Lipinski definition) is 1. The summed E-state index contributed by atoms with van der Waals surface area (Å²) < 4.78 is 5.24. The summed E-state index contributed by atoms with van der Waals surface area (Å²) in [5.41, 5.74) is 2.28. The Hall–Kier alpha value is -1.85. The van der Waals surface area contributed by atoms with Gasteiger partial charge >= 0.3 is 0 Å². The van der Waals surface area contributed by atoms with Crippen LogP contribution < -0.4 is 10.1 Å². The molecule has 0 radical (unpaired) electrons. The number of fused-ring (bicyclic) bond motifs is 1. The molecule has 3 heterocycles. The molecule has 2 aromatic rings. The molecule has 1 aromatic heterocycles. The lowest BCUT2D eigenvalue weighted by molar-refractivity contribution is 0.0763. The van der Waals surface area contributed by atoms with Crippen LogP contribution in [0.5, 0.6) is 5.75 Å². The molecule has 2 aliphatic heterocycles. The summed E-state index contributed by atoms with van der Waals surface area (Å²) in [7, 11) is 1.67. The lowest BCUT2D eigenvalue weighted by Crippen LogP contribution is -2.32. The second-order valence-electron chi connectivity index (χ2n) is 7.36. The lowest BCUT2D eigenvalue weighted by Gasteiger charge is -2.20. The van der Waals surface area contributed by atoms with Gasteiger partial charge in [0.1, 0.15) is 5.75 Å². The Kier molecular flexibility index (Phi) is 5.00. The molecule has 0 aliphatic carbocycles. The molecule has 2 aliphatic rings. The molecule has 1 aromatic carbocycles. The summed E-state index contributed by atoms with van der Waals surface area (Å²) in [6, 6.07) is 10.1. The summed E-state index contributed by atoms with van der Waals surface area (Å²) >= 11 is 1.61. The van der Waals surface area contributed by atoms with Crippen molar-refractivity contribution in [3.8, 4) is 16.9 Å². The molecule has 2 saturated heterocycles. The van der Waals surface area contributed by atoms with Gasteiger partial charge in [-0.05, 0) is 74.0 Å². The first-order chi connectivity index (χ1) is 12.7. The van der Waals surface area contributed by atoms with Crippen LogP contribution in [0.3, 0.4) is 0 Å². The number of nitrogens with zero attached hydrogens (tertiary/aromatic N) is 1. The van der Waals surface area contributed by atoms with Gasteiger partial charge in [-0.2, -0.15) is 0 Å². The fourth-order valence-electron chi connectivity index (χ4n) is 4.22. The van der Waals surface area contributed by atoms with Crippen LogP contribution in [-0.2, 0) is 0 Å². The molecule has 5 heteroatoms. The first kappa shape index (κ1) is 17.6. The van der Waals surface area contributed by atoms with Gasteiger partial charge in [-0.1, -0.05) is 12.1 Å². The van der Waals surface area contributed by atoms with Gasteiger partial charge in [0, 0.05) is 18.0 Å². The van der Waals surface area contributed by atoms with Gasteiger partial charge < -0.3 is 15.0 Å². The molecule has 4 rings (SSSR count). The summed E-state index contributed by atoms with van der Waals surface area (Å²) in [4.78, 5) is 17.2. The van der Waals surface area contributed by atoms with Gasteiger partial charge in [0.15, 0.2) is 0 Å².